The third kappa shape index (κ3) is 4.35. The van der Waals surface area contributed by atoms with E-state index in [9.17, 15) is 0 Å². The number of hydrogen-bond acceptors (Lipinski definition) is 2. The fraction of sp³-hybridized carbons (Fsp3) is 0.375. The predicted molar refractivity (Wildman–Crippen MR) is 162 cm³/mol. The summed E-state index contributed by atoms with van der Waals surface area (Å²) in [5.41, 5.74) is 19.3. The number of aromatic amines is 2. The summed E-state index contributed by atoms with van der Waals surface area (Å²) >= 11 is 0. The number of nitrogens with one attached hydrogen (secondary N) is 2. The van der Waals surface area contributed by atoms with Crippen LogP contribution in [-0.2, 0) is 12.8 Å². The van der Waals surface area contributed by atoms with Crippen LogP contribution in [0, 0.1) is 13.8 Å². The molecule has 0 saturated heterocycles. The standard InChI is InChI=1S/C32H38N4.ClH/c1-9-21-17(5)25-13-26-18(6)23(11-3)31(34-26)16-32-24(12-4)20(8)28(36-32)15-30-22(10-2)19(7)27(35-30)14-29(21)33-25;/h13-16,34,36H,9-12H2,1-8H3;1H. The highest BCUT2D eigenvalue weighted by Gasteiger charge is 2.20. The Morgan fingerprint density at radius 1 is 0.514 bits per heavy atom. The summed E-state index contributed by atoms with van der Waals surface area (Å²) in [6, 6.07) is 8.98. The van der Waals surface area contributed by atoms with Gasteiger partial charge in [-0.2, -0.15) is 0 Å². The average Bonchev–Trinajstić information content (AvgIpc) is 3.51. The van der Waals surface area contributed by atoms with Crippen LogP contribution in [0.25, 0.3) is 44.4 Å². The maximum Gasteiger partial charge on any atom is 0.0693 e. The molecular formula is C32H39ClN4. The monoisotopic (exact) mass is 514 g/mol. The van der Waals surface area contributed by atoms with E-state index in [2.05, 4.69) is 89.6 Å². The second-order valence-electron chi connectivity index (χ2n) is 10.1. The number of aromatic nitrogens is 4. The van der Waals surface area contributed by atoms with E-state index < -0.39 is 0 Å². The Balaban J connectivity index is 0.00000320. The molecule has 0 aromatic carbocycles. The highest BCUT2D eigenvalue weighted by atomic mass is 35.5. The van der Waals surface area contributed by atoms with Crippen molar-refractivity contribution >= 4 is 56.8 Å². The molecule has 3 aromatic heterocycles. The number of nitrogens with zero attached hydrogens (tertiary/aromatic N) is 2. The lowest BCUT2D eigenvalue weighted by atomic mass is 10.0. The molecule has 2 aliphatic heterocycles. The van der Waals surface area contributed by atoms with Gasteiger partial charge in [0.25, 0.3) is 0 Å². The van der Waals surface area contributed by atoms with E-state index in [1.165, 1.54) is 55.6 Å². The van der Waals surface area contributed by atoms with Crippen molar-refractivity contribution in [3.05, 3.63) is 69.3 Å². The molecule has 0 aliphatic carbocycles. The molecule has 0 spiro atoms. The first-order valence-corrected chi connectivity index (χ1v) is 13.4. The number of H-pyrrole nitrogens is 2. The van der Waals surface area contributed by atoms with Crippen LogP contribution in [0.15, 0.2) is 24.3 Å². The van der Waals surface area contributed by atoms with Gasteiger partial charge in [-0.05, 0) is 122 Å². The zero-order chi connectivity index (χ0) is 25.7. The van der Waals surface area contributed by atoms with Crippen LogP contribution in [0.2, 0.25) is 0 Å². The molecule has 0 fully saturated rings. The SMILES string of the molecule is CCC1=C(C)c2cc3[nH]c(cc4[nH]c(cc5nc(cc1n2)C(C)=C5CC)c(C)c4CC)c(CC)c3C.Cl. The number of rotatable bonds is 4. The van der Waals surface area contributed by atoms with Crippen LogP contribution in [0.3, 0.4) is 0 Å². The molecule has 2 N–H and O–H groups in total. The van der Waals surface area contributed by atoms with Crippen LogP contribution >= 0.6 is 12.4 Å². The Morgan fingerprint density at radius 2 is 0.919 bits per heavy atom. The molecule has 0 amide bonds. The molecule has 5 rings (SSSR count). The van der Waals surface area contributed by atoms with E-state index in [1.54, 1.807) is 0 Å². The topological polar surface area (TPSA) is 57.4 Å². The molecule has 8 bridgehead atoms. The second-order valence-corrected chi connectivity index (χ2v) is 10.1. The largest absolute Gasteiger partial charge is 0.355 e. The van der Waals surface area contributed by atoms with Gasteiger partial charge in [-0.25, -0.2) is 9.97 Å². The van der Waals surface area contributed by atoms with Crippen LogP contribution in [-0.4, -0.2) is 19.9 Å². The molecule has 194 valence electrons. The summed E-state index contributed by atoms with van der Waals surface area (Å²) < 4.78 is 0. The summed E-state index contributed by atoms with van der Waals surface area (Å²) in [5.74, 6) is 0. The van der Waals surface area contributed by atoms with Crippen molar-refractivity contribution in [2.24, 2.45) is 0 Å². The molecule has 37 heavy (non-hydrogen) atoms. The molecule has 0 saturated carbocycles. The van der Waals surface area contributed by atoms with Gasteiger partial charge in [-0.1, -0.05) is 27.7 Å². The van der Waals surface area contributed by atoms with Crippen molar-refractivity contribution in [2.75, 3.05) is 0 Å². The van der Waals surface area contributed by atoms with Gasteiger partial charge < -0.3 is 9.97 Å². The first kappa shape index (κ1) is 26.9. The van der Waals surface area contributed by atoms with Gasteiger partial charge in [0.2, 0.25) is 0 Å². The van der Waals surface area contributed by atoms with Gasteiger partial charge in [-0.15, -0.1) is 12.4 Å². The quantitative estimate of drug-likeness (QED) is 0.364. The molecule has 4 nitrogen and oxygen atoms in total. The molecular weight excluding hydrogens is 476 g/mol. The van der Waals surface area contributed by atoms with E-state index in [4.69, 9.17) is 9.97 Å². The van der Waals surface area contributed by atoms with Crippen molar-refractivity contribution in [1.29, 1.82) is 0 Å². The van der Waals surface area contributed by atoms with E-state index >= 15 is 0 Å². The molecule has 0 atom stereocenters. The molecule has 0 unspecified atom stereocenters. The van der Waals surface area contributed by atoms with E-state index in [0.717, 1.165) is 59.5 Å². The number of aryl methyl sites for hydroxylation is 4. The molecule has 5 heteroatoms. The summed E-state index contributed by atoms with van der Waals surface area (Å²) in [4.78, 5) is 17.7. The lowest BCUT2D eigenvalue weighted by Crippen LogP contribution is -1.84. The number of hydrogen-bond donors (Lipinski definition) is 2. The zero-order valence-corrected chi connectivity index (χ0v) is 24.3. The molecule has 0 radical (unpaired) electrons. The van der Waals surface area contributed by atoms with Crippen molar-refractivity contribution in [3.8, 4) is 0 Å². The van der Waals surface area contributed by atoms with Crippen LogP contribution < -0.4 is 0 Å². The predicted octanol–water partition coefficient (Wildman–Crippen LogP) is 9.16. The van der Waals surface area contributed by atoms with E-state index in [-0.39, 0.29) is 12.4 Å². The van der Waals surface area contributed by atoms with Crippen molar-refractivity contribution in [2.45, 2.75) is 81.1 Å². The average molecular weight is 515 g/mol. The maximum absolute atomic E-state index is 5.13. The Labute approximate surface area is 226 Å². The molecule has 2 aliphatic rings. The fourth-order valence-corrected chi connectivity index (χ4v) is 6.02. The number of allylic oxidation sites excluding steroid dienone is 4. The van der Waals surface area contributed by atoms with Gasteiger partial charge in [0.15, 0.2) is 0 Å². The Hall–Kier alpha value is -3.11. The Kier molecular flexibility index (Phi) is 7.52. The van der Waals surface area contributed by atoms with E-state index in [0.29, 0.717) is 0 Å². The van der Waals surface area contributed by atoms with Crippen molar-refractivity contribution in [1.82, 2.24) is 19.9 Å². The summed E-state index contributed by atoms with van der Waals surface area (Å²) in [6.45, 7) is 17.8. The Bertz CT molecular complexity index is 1610. The first-order chi connectivity index (χ1) is 17.3. The second kappa shape index (κ2) is 10.3. The lowest BCUT2D eigenvalue weighted by molar-refractivity contribution is 1.14. The highest BCUT2D eigenvalue weighted by molar-refractivity contribution is 5.95. The van der Waals surface area contributed by atoms with Gasteiger partial charge in [0.05, 0.1) is 22.8 Å². The fourth-order valence-electron chi connectivity index (χ4n) is 6.02. The van der Waals surface area contributed by atoms with Gasteiger partial charge >= 0.3 is 0 Å². The Morgan fingerprint density at radius 3 is 1.35 bits per heavy atom. The zero-order valence-electron chi connectivity index (χ0n) is 23.4. The minimum atomic E-state index is 0. The maximum atomic E-state index is 5.13. The lowest BCUT2D eigenvalue weighted by Gasteiger charge is -2.01. The van der Waals surface area contributed by atoms with Crippen molar-refractivity contribution in [3.63, 3.8) is 0 Å². The van der Waals surface area contributed by atoms with E-state index in [1.807, 2.05) is 0 Å². The smallest absolute Gasteiger partial charge is 0.0693 e. The summed E-state index contributed by atoms with van der Waals surface area (Å²) in [6.07, 6.45) is 3.86. The minimum absolute atomic E-state index is 0. The number of fused-ring (bicyclic) bond motifs is 8. The van der Waals surface area contributed by atoms with Gasteiger partial charge in [-0.3, -0.25) is 0 Å². The van der Waals surface area contributed by atoms with Crippen molar-refractivity contribution < 1.29 is 0 Å². The third-order valence-electron chi connectivity index (χ3n) is 8.21. The number of halogens is 1. The van der Waals surface area contributed by atoms with Gasteiger partial charge in [0.1, 0.15) is 0 Å². The van der Waals surface area contributed by atoms with Crippen LogP contribution in [0.1, 0.15) is 99.4 Å². The summed E-state index contributed by atoms with van der Waals surface area (Å²) in [5, 5.41) is 0. The third-order valence-corrected chi connectivity index (χ3v) is 8.21. The highest BCUT2D eigenvalue weighted by Crippen LogP contribution is 2.36. The van der Waals surface area contributed by atoms with Crippen LogP contribution in [0.4, 0.5) is 0 Å². The minimum Gasteiger partial charge on any atom is -0.355 e. The molecule has 5 heterocycles. The normalized spacial score (nSPS) is 13.4. The first-order valence-electron chi connectivity index (χ1n) is 13.4. The molecule has 3 aromatic rings. The van der Waals surface area contributed by atoms with Crippen LogP contribution in [0.5, 0.6) is 0 Å². The van der Waals surface area contributed by atoms with Gasteiger partial charge in [0, 0.05) is 22.1 Å². The summed E-state index contributed by atoms with van der Waals surface area (Å²) in [7, 11) is 0.